The van der Waals surface area contributed by atoms with E-state index in [0.29, 0.717) is 5.82 Å². The monoisotopic (exact) mass is 432 g/mol. The van der Waals surface area contributed by atoms with Gasteiger partial charge in [0, 0.05) is 25.1 Å². The molecule has 3 aromatic rings. The summed E-state index contributed by atoms with van der Waals surface area (Å²) in [6, 6.07) is 16.1. The van der Waals surface area contributed by atoms with Crippen LogP contribution in [0.2, 0.25) is 0 Å². The summed E-state index contributed by atoms with van der Waals surface area (Å²) in [7, 11) is -6.96. The average Bonchev–Trinajstić information content (AvgIpc) is 2.68. The van der Waals surface area contributed by atoms with Crippen LogP contribution in [0, 0.1) is 0 Å². The molecule has 2 N–H and O–H groups in total. The third kappa shape index (κ3) is 5.75. The summed E-state index contributed by atoms with van der Waals surface area (Å²) >= 11 is 0. The van der Waals surface area contributed by atoms with Crippen molar-refractivity contribution in [2.75, 3.05) is 29.2 Å². The molecular formula is C19H20N4O4S2. The van der Waals surface area contributed by atoms with E-state index in [1.165, 1.54) is 24.3 Å². The first-order chi connectivity index (χ1) is 13.7. The van der Waals surface area contributed by atoms with Crippen LogP contribution in [0.5, 0.6) is 0 Å². The summed E-state index contributed by atoms with van der Waals surface area (Å²) in [5.41, 5.74) is 0. The summed E-state index contributed by atoms with van der Waals surface area (Å²) < 4.78 is 48.8. The highest BCUT2D eigenvalue weighted by molar-refractivity contribution is 7.91. The van der Waals surface area contributed by atoms with Gasteiger partial charge in [-0.1, -0.05) is 24.3 Å². The third-order valence-corrected chi connectivity index (χ3v) is 6.56. The number of hydrogen-bond acceptors (Lipinski definition) is 8. The maximum absolute atomic E-state index is 13.0. The maximum atomic E-state index is 13.0. The van der Waals surface area contributed by atoms with E-state index < -0.39 is 19.7 Å². The molecule has 0 saturated carbocycles. The molecule has 0 amide bonds. The Kier molecular flexibility index (Phi) is 6.14. The lowest BCUT2D eigenvalue weighted by Crippen LogP contribution is -2.15. The number of aromatic nitrogens is 2. The zero-order valence-corrected chi connectivity index (χ0v) is 17.2. The molecule has 0 fully saturated rings. The van der Waals surface area contributed by atoms with Gasteiger partial charge in [-0.25, -0.2) is 26.8 Å². The second-order valence-corrected chi connectivity index (χ2v) is 10.5. The van der Waals surface area contributed by atoms with Crippen molar-refractivity contribution < 1.29 is 16.8 Å². The lowest BCUT2D eigenvalue weighted by molar-refractivity contribution is 0.595. The Hall–Kier alpha value is -2.98. The average molecular weight is 433 g/mol. The highest BCUT2D eigenvalue weighted by atomic mass is 32.2. The van der Waals surface area contributed by atoms with Crippen molar-refractivity contribution in [3.8, 4) is 0 Å². The quantitative estimate of drug-likeness (QED) is 0.557. The molecule has 0 bridgehead atoms. The van der Waals surface area contributed by atoms with Crippen LogP contribution in [-0.2, 0) is 19.7 Å². The van der Waals surface area contributed by atoms with Crippen LogP contribution in [0.25, 0.3) is 0 Å². The molecule has 0 spiro atoms. The fourth-order valence-corrected chi connectivity index (χ4v) is 4.28. The first-order valence-corrected chi connectivity index (χ1v) is 12.2. The minimum atomic E-state index is -3.79. The van der Waals surface area contributed by atoms with Crippen molar-refractivity contribution in [3.05, 3.63) is 66.9 Å². The minimum absolute atomic E-state index is 0.0268. The molecule has 0 saturated heterocycles. The predicted molar refractivity (Wildman–Crippen MR) is 112 cm³/mol. The number of rotatable bonds is 8. The summed E-state index contributed by atoms with van der Waals surface area (Å²) in [4.78, 5) is 8.66. The molecular weight excluding hydrogens is 412 g/mol. The van der Waals surface area contributed by atoms with Gasteiger partial charge < -0.3 is 10.6 Å². The van der Waals surface area contributed by atoms with E-state index in [4.69, 9.17) is 0 Å². The van der Waals surface area contributed by atoms with Gasteiger partial charge in [-0.05, 0) is 30.3 Å². The van der Waals surface area contributed by atoms with Crippen molar-refractivity contribution >= 4 is 37.1 Å². The maximum Gasteiger partial charge on any atom is 0.206 e. The fraction of sp³-hybridized carbons (Fsp3) is 0.158. The third-order valence-electron chi connectivity index (χ3n) is 3.86. The van der Waals surface area contributed by atoms with Crippen molar-refractivity contribution in [2.24, 2.45) is 0 Å². The molecule has 0 aliphatic heterocycles. The lowest BCUT2D eigenvalue weighted by Gasteiger charge is -2.12. The Labute approximate surface area is 169 Å². The molecule has 0 aliphatic carbocycles. The van der Waals surface area contributed by atoms with E-state index in [1.54, 1.807) is 42.6 Å². The Balaban J connectivity index is 1.98. The Morgan fingerprint density at radius 1 is 0.828 bits per heavy atom. The van der Waals surface area contributed by atoms with Gasteiger partial charge in [-0.15, -0.1) is 0 Å². The zero-order chi connectivity index (χ0) is 20.9. The van der Waals surface area contributed by atoms with Crippen molar-refractivity contribution in [1.82, 2.24) is 9.97 Å². The summed E-state index contributed by atoms with van der Waals surface area (Å²) in [6.45, 7) is 0.101. The van der Waals surface area contributed by atoms with Gasteiger partial charge in [0.15, 0.2) is 0 Å². The second kappa shape index (κ2) is 8.58. The molecule has 2 aromatic heterocycles. The predicted octanol–water partition coefficient (Wildman–Crippen LogP) is 2.51. The summed E-state index contributed by atoms with van der Waals surface area (Å²) in [6.07, 6.45) is 2.73. The standard InChI is InChI=1S/C19H20N4O4S2/c1-28(24,25)12-11-21-18-13-16(29(26,27)15-7-3-2-4-8-15)14-19(23-18)22-17-9-5-6-10-20-17/h2-10,13-14H,11-12H2,1H3,(H2,20,21,22,23). The SMILES string of the molecule is CS(=O)(=O)CCNc1cc(S(=O)(=O)c2ccccc2)cc(Nc2ccccn2)n1. The van der Waals surface area contributed by atoms with Crippen LogP contribution in [0.15, 0.2) is 76.7 Å². The highest BCUT2D eigenvalue weighted by Gasteiger charge is 2.20. The molecule has 29 heavy (non-hydrogen) atoms. The van der Waals surface area contributed by atoms with Crippen molar-refractivity contribution in [3.63, 3.8) is 0 Å². The first-order valence-electron chi connectivity index (χ1n) is 8.66. The fourth-order valence-electron chi connectivity index (χ4n) is 2.48. The largest absolute Gasteiger partial charge is 0.369 e. The van der Waals surface area contributed by atoms with E-state index in [1.807, 2.05) is 0 Å². The van der Waals surface area contributed by atoms with E-state index in [-0.39, 0.29) is 33.7 Å². The number of nitrogens with zero attached hydrogens (tertiary/aromatic N) is 2. The minimum Gasteiger partial charge on any atom is -0.369 e. The molecule has 152 valence electrons. The molecule has 2 heterocycles. The number of anilines is 3. The number of nitrogens with one attached hydrogen (secondary N) is 2. The molecule has 1 aromatic carbocycles. The zero-order valence-electron chi connectivity index (χ0n) is 15.6. The molecule has 10 heteroatoms. The lowest BCUT2D eigenvalue weighted by atomic mass is 10.4. The van der Waals surface area contributed by atoms with Gasteiger partial charge in [0.05, 0.1) is 15.5 Å². The van der Waals surface area contributed by atoms with E-state index in [2.05, 4.69) is 20.6 Å². The molecule has 3 rings (SSSR count). The van der Waals surface area contributed by atoms with Crippen LogP contribution in [0.1, 0.15) is 0 Å². The number of sulfone groups is 2. The van der Waals surface area contributed by atoms with Crippen LogP contribution >= 0.6 is 0 Å². The molecule has 0 unspecified atom stereocenters. The van der Waals surface area contributed by atoms with Gasteiger partial charge >= 0.3 is 0 Å². The Morgan fingerprint density at radius 3 is 2.17 bits per heavy atom. The molecule has 0 aliphatic rings. The normalized spacial score (nSPS) is 11.8. The van der Waals surface area contributed by atoms with Crippen LogP contribution < -0.4 is 10.6 Å². The summed E-state index contributed by atoms with van der Waals surface area (Å²) in [5.74, 6) is 0.899. The molecule has 8 nitrogen and oxygen atoms in total. The smallest absolute Gasteiger partial charge is 0.206 e. The second-order valence-electron chi connectivity index (χ2n) is 6.29. The number of pyridine rings is 2. The van der Waals surface area contributed by atoms with Crippen LogP contribution in [0.3, 0.4) is 0 Å². The van der Waals surface area contributed by atoms with Gasteiger partial charge in [0.25, 0.3) is 0 Å². The highest BCUT2D eigenvalue weighted by Crippen LogP contribution is 2.26. The van der Waals surface area contributed by atoms with E-state index >= 15 is 0 Å². The first kappa shape index (κ1) is 20.7. The number of benzene rings is 1. The van der Waals surface area contributed by atoms with Crippen molar-refractivity contribution in [1.29, 1.82) is 0 Å². The topological polar surface area (TPSA) is 118 Å². The summed E-state index contributed by atoms with van der Waals surface area (Å²) in [5, 5.41) is 5.85. The van der Waals surface area contributed by atoms with E-state index in [0.717, 1.165) is 6.26 Å². The number of hydrogen-bond donors (Lipinski definition) is 2. The molecule has 0 radical (unpaired) electrons. The van der Waals surface area contributed by atoms with Gasteiger partial charge in [0.1, 0.15) is 27.3 Å². The van der Waals surface area contributed by atoms with Crippen LogP contribution in [-0.4, -0.2) is 45.4 Å². The van der Waals surface area contributed by atoms with E-state index in [9.17, 15) is 16.8 Å². The molecule has 0 atom stereocenters. The van der Waals surface area contributed by atoms with Gasteiger partial charge in [-0.2, -0.15) is 0 Å². The van der Waals surface area contributed by atoms with Crippen molar-refractivity contribution in [2.45, 2.75) is 9.79 Å². The van der Waals surface area contributed by atoms with Gasteiger partial charge in [0.2, 0.25) is 9.84 Å². The Morgan fingerprint density at radius 2 is 1.52 bits per heavy atom. The van der Waals surface area contributed by atoms with Crippen LogP contribution in [0.4, 0.5) is 17.5 Å². The van der Waals surface area contributed by atoms with Gasteiger partial charge in [-0.3, -0.25) is 0 Å². The Bertz CT molecular complexity index is 1180.